The molecule has 0 aliphatic heterocycles. The van der Waals surface area contributed by atoms with Gasteiger partial charge in [0.25, 0.3) is 10.1 Å². The molecule has 0 heterocycles. The fraction of sp³-hybridized carbons (Fsp3) is 0. The predicted octanol–water partition coefficient (Wildman–Crippen LogP) is 1.84. The minimum Gasteiger partial charge on any atom is -0.744 e. The Kier molecular flexibility index (Phi) is 8.10. The number of hydrogen-bond acceptors (Lipinski definition) is 5. The van der Waals surface area contributed by atoms with Crippen LogP contribution in [-0.2, 0) is 20.2 Å². The summed E-state index contributed by atoms with van der Waals surface area (Å²) in [5.41, 5.74) is 0.977. The molecule has 0 amide bonds. The van der Waals surface area contributed by atoms with Crippen molar-refractivity contribution >= 4 is 20.2 Å². The maximum atomic E-state index is 12.7. The van der Waals surface area contributed by atoms with E-state index in [-0.39, 0.29) is 73.6 Å². The van der Waals surface area contributed by atoms with Crippen LogP contribution in [0.4, 0.5) is 0 Å². The topological polar surface area (TPSA) is 112 Å². The molecule has 0 aromatic heterocycles. The summed E-state index contributed by atoms with van der Waals surface area (Å²) < 4.78 is 72.8. The fourth-order valence-electron chi connectivity index (χ4n) is 3.70. The SMILES string of the molecule is O=S(=O)([O-])c1c(-c2ccccc2)c(-c2ccccc2)cc(S(=O)(=O)O)c1-c1ccccc1.[K+]. The smallest absolute Gasteiger partial charge is 0.744 e. The van der Waals surface area contributed by atoms with E-state index < -0.39 is 30.0 Å². The molecule has 9 heteroatoms. The first kappa shape index (κ1) is 26.0. The minimum absolute atomic E-state index is 0. The first-order chi connectivity index (χ1) is 15.2. The van der Waals surface area contributed by atoms with Gasteiger partial charge in [-0.25, -0.2) is 8.42 Å². The predicted molar refractivity (Wildman–Crippen MR) is 121 cm³/mol. The normalized spacial score (nSPS) is 11.6. The van der Waals surface area contributed by atoms with E-state index in [1.165, 1.54) is 18.2 Å². The molecular formula is C24H17KO6S2. The van der Waals surface area contributed by atoms with Crippen LogP contribution in [0.3, 0.4) is 0 Å². The van der Waals surface area contributed by atoms with Gasteiger partial charge < -0.3 is 4.55 Å². The van der Waals surface area contributed by atoms with Gasteiger partial charge in [-0.05, 0) is 28.3 Å². The Morgan fingerprint density at radius 2 is 1.00 bits per heavy atom. The van der Waals surface area contributed by atoms with E-state index in [1.54, 1.807) is 78.9 Å². The summed E-state index contributed by atoms with van der Waals surface area (Å²) in [4.78, 5) is -1.36. The Morgan fingerprint density at radius 3 is 1.39 bits per heavy atom. The third-order valence-corrected chi connectivity index (χ3v) is 6.77. The zero-order chi connectivity index (χ0) is 22.9. The van der Waals surface area contributed by atoms with Crippen LogP contribution in [0.25, 0.3) is 33.4 Å². The van der Waals surface area contributed by atoms with Crippen LogP contribution in [0.2, 0.25) is 0 Å². The molecule has 4 rings (SSSR count). The van der Waals surface area contributed by atoms with E-state index in [1.807, 2.05) is 0 Å². The van der Waals surface area contributed by atoms with Gasteiger partial charge in [0.1, 0.15) is 15.0 Å². The molecule has 162 valence electrons. The zero-order valence-electron chi connectivity index (χ0n) is 17.5. The maximum absolute atomic E-state index is 12.7. The molecule has 33 heavy (non-hydrogen) atoms. The molecule has 0 saturated carbocycles. The second kappa shape index (κ2) is 10.3. The zero-order valence-corrected chi connectivity index (χ0v) is 22.3. The van der Waals surface area contributed by atoms with Gasteiger partial charge in [-0.15, -0.1) is 0 Å². The molecule has 4 aromatic carbocycles. The Labute approximate surface area is 235 Å². The van der Waals surface area contributed by atoms with E-state index in [9.17, 15) is 25.9 Å². The number of benzene rings is 4. The maximum Gasteiger partial charge on any atom is 1.00 e. The van der Waals surface area contributed by atoms with Crippen LogP contribution in [0.15, 0.2) is 107 Å². The molecule has 0 bridgehead atoms. The molecule has 0 aliphatic rings. The summed E-state index contributed by atoms with van der Waals surface area (Å²) in [5.74, 6) is 0. The molecule has 0 fully saturated rings. The van der Waals surface area contributed by atoms with Crippen molar-refractivity contribution in [3.8, 4) is 33.4 Å². The van der Waals surface area contributed by atoms with Crippen molar-refractivity contribution < 1.29 is 77.3 Å². The second-order valence-corrected chi connectivity index (χ2v) is 9.74. The van der Waals surface area contributed by atoms with E-state index in [0.717, 1.165) is 0 Å². The van der Waals surface area contributed by atoms with Crippen molar-refractivity contribution in [3.05, 3.63) is 97.1 Å². The summed E-state index contributed by atoms with van der Waals surface area (Å²) in [6.45, 7) is 0. The monoisotopic (exact) mass is 504 g/mol. The minimum atomic E-state index is -5.20. The largest absolute Gasteiger partial charge is 1.00 e. The molecule has 1 N–H and O–H groups in total. The Morgan fingerprint density at radius 1 is 0.606 bits per heavy atom. The van der Waals surface area contributed by atoms with Crippen molar-refractivity contribution in [2.75, 3.05) is 0 Å². The first-order valence-corrected chi connectivity index (χ1v) is 12.3. The molecule has 6 nitrogen and oxygen atoms in total. The van der Waals surface area contributed by atoms with Crippen LogP contribution in [-0.4, -0.2) is 25.9 Å². The quantitative estimate of drug-likeness (QED) is 0.328. The van der Waals surface area contributed by atoms with E-state index in [0.29, 0.717) is 11.1 Å². The van der Waals surface area contributed by atoms with Crippen LogP contribution < -0.4 is 51.4 Å². The molecule has 4 aromatic rings. The van der Waals surface area contributed by atoms with Crippen molar-refractivity contribution in [2.45, 2.75) is 9.79 Å². The van der Waals surface area contributed by atoms with E-state index in [4.69, 9.17) is 0 Å². The number of hydrogen-bond donors (Lipinski definition) is 1. The molecule has 0 atom stereocenters. The van der Waals surface area contributed by atoms with E-state index in [2.05, 4.69) is 0 Å². The molecule has 0 unspecified atom stereocenters. The van der Waals surface area contributed by atoms with Crippen LogP contribution in [0, 0.1) is 0 Å². The molecule has 0 radical (unpaired) electrons. The van der Waals surface area contributed by atoms with E-state index >= 15 is 0 Å². The second-order valence-electron chi connectivity index (χ2n) is 7.03. The molecular weight excluding hydrogens is 487 g/mol. The third kappa shape index (κ3) is 5.54. The third-order valence-electron chi connectivity index (χ3n) is 4.98. The average Bonchev–Trinajstić information content (AvgIpc) is 2.78. The standard InChI is InChI=1S/C24H18O6S2.K/c25-31(26,27)21-16-20(17-10-4-1-5-11-17)22(18-12-6-2-7-13-18)24(32(28,29)30)23(21)19-14-8-3-9-15-19;/h1-16H,(H,25,26,27)(H,28,29,30);/q;+1/p-1. The summed E-state index contributed by atoms with van der Waals surface area (Å²) in [6, 6.07) is 25.9. The van der Waals surface area contributed by atoms with Gasteiger partial charge in [0.15, 0.2) is 0 Å². The summed E-state index contributed by atoms with van der Waals surface area (Å²) in [5, 5.41) is 0. The Hall–Kier alpha value is -1.66. The van der Waals surface area contributed by atoms with Gasteiger partial charge in [0.2, 0.25) is 0 Å². The average molecular weight is 505 g/mol. The number of rotatable bonds is 5. The molecule has 0 saturated heterocycles. The first-order valence-electron chi connectivity index (χ1n) is 9.48. The van der Waals surface area contributed by atoms with Gasteiger partial charge >= 0.3 is 51.4 Å². The van der Waals surface area contributed by atoms with Crippen LogP contribution >= 0.6 is 0 Å². The fourth-order valence-corrected chi connectivity index (χ4v) is 5.47. The van der Waals surface area contributed by atoms with Gasteiger partial charge in [0.05, 0.1) is 4.90 Å². The molecule has 0 spiro atoms. The van der Waals surface area contributed by atoms with Crippen molar-refractivity contribution in [3.63, 3.8) is 0 Å². The Balaban J connectivity index is 0.00000306. The van der Waals surface area contributed by atoms with Gasteiger partial charge in [0, 0.05) is 11.1 Å². The van der Waals surface area contributed by atoms with Crippen molar-refractivity contribution in [2.24, 2.45) is 0 Å². The van der Waals surface area contributed by atoms with Crippen molar-refractivity contribution in [1.29, 1.82) is 0 Å². The molecule has 0 aliphatic carbocycles. The van der Waals surface area contributed by atoms with Crippen molar-refractivity contribution in [1.82, 2.24) is 0 Å². The van der Waals surface area contributed by atoms with Gasteiger partial charge in [-0.1, -0.05) is 91.0 Å². The Bertz CT molecular complexity index is 1490. The summed E-state index contributed by atoms with van der Waals surface area (Å²) in [7, 11) is -10.1. The van der Waals surface area contributed by atoms with Gasteiger partial charge in [-0.3, -0.25) is 4.55 Å². The summed E-state index contributed by atoms with van der Waals surface area (Å²) >= 11 is 0. The van der Waals surface area contributed by atoms with Gasteiger partial charge in [-0.2, -0.15) is 8.42 Å². The van der Waals surface area contributed by atoms with Crippen LogP contribution in [0.1, 0.15) is 0 Å². The van der Waals surface area contributed by atoms with Crippen LogP contribution in [0.5, 0.6) is 0 Å². The summed E-state index contributed by atoms with van der Waals surface area (Å²) in [6.07, 6.45) is 0.